The first-order valence-electron chi connectivity index (χ1n) is 6.62. The van der Waals surface area contributed by atoms with Gasteiger partial charge in [-0.1, -0.05) is 18.2 Å². The molecule has 0 aliphatic carbocycles. The monoisotopic (exact) mass is 284 g/mol. The van der Waals surface area contributed by atoms with Crippen LogP contribution >= 0.6 is 0 Å². The second kappa shape index (κ2) is 8.15. The van der Waals surface area contributed by atoms with Gasteiger partial charge in [0.1, 0.15) is 0 Å². The van der Waals surface area contributed by atoms with Crippen molar-refractivity contribution < 1.29 is 27.2 Å². The van der Waals surface area contributed by atoms with Crippen molar-refractivity contribution in [3.8, 4) is 0 Å². The molecule has 5 heteroatoms. The maximum absolute atomic E-state index is 12.2. The van der Waals surface area contributed by atoms with Gasteiger partial charge in [-0.25, -0.2) is 0 Å². The summed E-state index contributed by atoms with van der Waals surface area (Å²) in [5.41, 5.74) is 0.857. The molecule has 1 aliphatic heterocycles. The molecular weight excluding hydrogens is 264 g/mol. The van der Waals surface area contributed by atoms with E-state index in [4.69, 9.17) is 5.11 Å². The van der Waals surface area contributed by atoms with Crippen LogP contribution in [0.2, 0.25) is 0 Å². The first-order valence-corrected chi connectivity index (χ1v) is 6.62. The third kappa shape index (κ3) is 4.49. The van der Waals surface area contributed by atoms with Gasteiger partial charge in [-0.3, -0.25) is 4.79 Å². The number of halogens is 1. The van der Waals surface area contributed by atoms with Gasteiger partial charge in [-0.15, -0.1) is 0 Å². The van der Waals surface area contributed by atoms with E-state index in [1.165, 1.54) is 4.90 Å². The maximum atomic E-state index is 12.2. The van der Waals surface area contributed by atoms with E-state index in [-0.39, 0.29) is 31.0 Å². The van der Waals surface area contributed by atoms with Gasteiger partial charge >= 0.3 is 0 Å². The van der Waals surface area contributed by atoms with Crippen LogP contribution in [0.15, 0.2) is 30.3 Å². The Labute approximate surface area is 120 Å². The molecule has 3 N–H and O–H groups in total. The number of rotatable bonds is 5. The molecule has 2 rings (SSSR count). The number of quaternary nitrogens is 1. The quantitative estimate of drug-likeness (QED) is 0.542. The van der Waals surface area contributed by atoms with Gasteiger partial charge in [0.05, 0.1) is 13.1 Å². The molecule has 1 heterocycles. The Kier molecular flexibility index (Phi) is 6.84. The molecule has 1 aromatic rings. The summed E-state index contributed by atoms with van der Waals surface area (Å²) in [5, 5.41) is 11.8. The lowest BCUT2D eigenvalue weighted by molar-refractivity contribution is -0.903. The fourth-order valence-electron chi connectivity index (χ4n) is 2.58. The number of carbonyl (C=O) groups excluding carboxylic acids is 1. The summed E-state index contributed by atoms with van der Waals surface area (Å²) in [6.07, 6.45) is 2.80. The Morgan fingerprint density at radius 3 is 2.79 bits per heavy atom. The summed E-state index contributed by atoms with van der Waals surface area (Å²) < 4.78 is 0. The number of likely N-dealkylation sites (tertiary alicyclic amines) is 1. The highest BCUT2D eigenvalue weighted by Gasteiger charge is 2.34. The lowest BCUT2D eigenvalue weighted by Crippen LogP contribution is -3.14. The van der Waals surface area contributed by atoms with Crippen molar-refractivity contribution in [1.82, 2.24) is 0 Å². The molecule has 0 radical (unpaired) electrons. The number of carbonyl (C=O) groups is 1. The largest absolute Gasteiger partial charge is 1.00 e. The van der Waals surface area contributed by atoms with Gasteiger partial charge in [0.25, 0.3) is 5.91 Å². The number of hydrogen-bond donors (Lipinski definition) is 3. The Morgan fingerprint density at radius 1 is 1.37 bits per heavy atom. The van der Waals surface area contributed by atoms with Gasteiger partial charge in [-0.2, -0.15) is 0 Å². The molecule has 1 aromatic carbocycles. The number of hydrogen-bond acceptors (Lipinski definition) is 2. The van der Waals surface area contributed by atoms with Crippen LogP contribution in [0.3, 0.4) is 0 Å². The molecule has 19 heavy (non-hydrogen) atoms. The fraction of sp³-hybridized carbons (Fsp3) is 0.500. The van der Waals surface area contributed by atoms with E-state index < -0.39 is 0 Å². The molecule has 1 aliphatic rings. The molecule has 0 saturated carbocycles. The maximum Gasteiger partial charge on any atom is 0.282 e. The lowest BCUT2D eigenvalue weighted by Gasteiger charge is -2.20. The molecule has 2 unspecified atom stereocenters. The molecule has 0 bridgehead atoms. The first kappa shape index (κ1) is 16.0. The number of anilines is 1. The van der Waals surface area contributed by atoms with E-state index in [1.54, 1.807) is 0 Å². The SMILES string of the molecule is O=C(Nc1ccccc1)C1CCC[NH+]1CCCO.[Cl-]. The lowest BCUT2D eigenvalue weighted by atomic mass is 10.2. The van der Waals surface area contributed by atoms with Crippen molar-refractivity contribution in [2.75, 3.05) is 25.0 Å². The predicted molar refractivity (Wildman–Crippen MR) is 70.5 cm³/mol. The number of para-hydroxylation sites is 1. The second-order valence-corrected chi connectivity index (χ2v) is 4.79. The van der Waals surface area contributed by atoms with Gasteiger partial charge < -0.3 is 27.7 Å². The zero-order valence-electron chi connectivity index (χ0n) is 10.9. The molecule has 1 amide bonds. The summed E-state index contributed by atoms with van der Waals surface area (Å²) in [6, 6.07) is 9.61. The topological polar surface area (TPSA) is 53.8 Å². The van der Waals surface area contributed by atoms with Gasteiger partial charge in [0.2, 0.25) is 0 Å². The highest BCUT2D eigenvalue weighted by molar-refractivity contribution is 5.93. The first-order chi connectivity index (χ1) is 8.81. The number of nitrogens with one attached hydrogen (secondary N) is 2. The number of benzene rings is 1. The molecule has 0 aromatic heterocycles. The van der Waals surface area contributed by atoms with Gasteiger partial charge in [0.15, 0.2) is 6.04 Å². The van der Waals surface area contributed by atoms with Crippen LogP contribution in [0.1, 0.15) is 19.3 Å². The van der Waals surface area contributed by atoms with E-state index in [0.717, 1.165) is 38.0 Å². The summed E-state index contributed by atoms with van der Waals surface area (Å²) >= 11 is 0. The smallest absolute Gasteiger partial charge is 0.282 e. The highest BCUT2D eigenvalue weighted by atomic mass is 35.5. The Bertz CT molecular complexity index is 386. The predicted octanol–water partition coefficient (Wildman–Crippen LogP) is -2.94. The van der Waals surface area contributed by atoms with Crippen molar-refractivity contribution in [1.29, 1.82) is 0 Å². The molecule has 1 fully saturated rings. The molecule has 106 valence electrons. The summed E-state index contributed by atoms with van der Waals surface area (Å²) in [4.78, 5) is 13.5. The summed E-state index contributed by atoms with van der Waals surface area (Å²) in [6.45, 7) is 2.12. The van der Waals surface area contributed by atoms with Crippen LogP contribution in [0.5, 0.6) is 0 Å². The van der Waals surface area contributed by atoms with Crippen molar-refractivity contribution in [3.05, 3.63) is 30.3 Å². The Balaban J connectivity index is 0.00000180. The van der Waals surface area contributed by atoms with Gasteiger partial charge in [-0.05, 0) is 12.1 Å². The molecule has 2 atom stereocenters. The van der Waals surface area contributed by atoms with E-state index >= 15 is 0 Å². The van der Waals surface area contributed by atoms with Crippen LogP contribution in [0.4, 0.5) is 5.69 Å². The second-order valence-electron chi connectivity index (χ2n) is 4.79. The third-order valence-corrected chi connectivity index (χ3v) is 3.50. The standard InChI is InChI=1S/C14H20N2O2.ClH/c17-11-5-10-16-9-4-8-13(16)14(18)15-12-6-2-1-3-7-12;/h1-3,6-7,13,17H,4-5,8-11H2,(H,15,18);1H. The summed E-state index contributed by atoms with van der Waals surface area (Å²) in [5.74, 6) is 0.103. The van der Waals surface area contributed by atoms with E-state index in [1.807, 2.05) is 30.3 Å². The number of aliphatic hydroxyl groups is 1. The molecular formula is C14H21ClN2O2. The normalized spacial score (nSPS) is 21.7. The van der Waals surface area contributed by atoms with Gasteiger partial charge in [0, 0.05) is 31.6 Å². The van der Waals surface area contributed by atoms with Crippen LogP contribution in [-0.4, -0.2) is 36.8 Å². The zero-order chi connectivity index (χ0) is 12.8. The Hall–Kier alpha value is -1.10. The fourth-order valence-corrected chi connectivity index (χ4v) is 2.58. The Morgan fingerprint density at radius 2 is 2.11 bits per heavy atom. The number of aliphatic hydroxyl groups excluding tert-OH is 1. The van der Waals surface area contributed by atoms with Crippen LogP contribution in [0.25, 0.3) is 0 Å². The van der Waals surface area contributed by atoms with Crippen molar-refractivity contribution in [2.45, 2.75) is 25.3 Å². The molecule has 0 spiro atoms. The molecule has 4 nitrogen and oxygen atoms in total. The highest BCUT2D eigenvalue weighted by Crippen LogP contribution is 2.08. The average Bonchev–Trinajstić information content (AvgIpc) is 2.86. The van der Waals surface area contributed by atoms with E-state index in [0.29, 0.717) is 0 Å². The third-order valence-electron chi connectivity index (χ3n) is 3.50. The number of amides is 1. The van der Waals surface area contributed by atoms with Crippen LogP contribution in [0, 0.1) is 0 Å². The van der Waals surface area contributed by atoms with Crippen LogP contribution in [-0.2, 0) is 4.79 Å². The average molecular weight is 285 g/mol. The molecule has 1 saturated heterocycles. The van der Waals surface area contributed by atoms with Crippen molar-refractivity contribution >= 4 is 11.6 Å². The van der Waals surface area contributed by atoms with Crippen molar-refractivity contribution in [2.24, 2.45) is 0 Å². The zero-order valence-corrected chi connectivity index (χ0v) is 11.7. The van der Waals surface area contributed by atoms with E-state index in [9.17, 15) is 4.79 Å². The van der Waals surface area contributed by atoms with Crippen LogP contribution < -0.4 is 22.6 Å². The van der Waals surface area contributed by atoms with E-state index in [2.05, 4.69) is 5.32 Å². The minimum atomic E-state index is 0. The minimum absolute atomic E-state index is 0. The minimum Gasteiger partial charge on any atom is -1.00 e. The summed E-state index contributed by atoms with van der Waals surface area (Å²) in [7, 11) is 0. The van der Waals surface area contributed by atoms with Crippen molar-refractivity contribution in [3.63, 3.8) is 0 Å².